The summed E-state index contributed by atoms with van der Waals surface area (Å²) in [6.45, 7) is 6.21. The van der Waals surface area contributed by atoms with E-state index in [1.54, 1.807) is 0 Å². The highest BCUT2D eigenvalue weighted by Crippen LogP contribution is 2.44. The zero-order valence-corrected chi connectivity index (χ0v) is 15.3. The molecule has 4 unspecified atom stereocenters. The zero-order valence-electron chi connectivity index (χ0n) is 13.2. The van der Waals surface area contributed by atoms with Gasteiger partial charge in [-0.25, -0.2) is 0 Å². The van der Waals surface area contributed by atoms with Gasteiger partial charge in [0.25, 0.3) is 0 Å². The first-order valence-electron chi connectivity index (χ1n) is 8.36. The maximum absolute atomic E-state index is 12.3. The molecule has 4 atom stereocenters. The van der Waals surface area contributed by atoms with Crippen LogP contribution in [0.1, 0.15) is 72.1 Å². The fraction of sp³-hybridized carbons (Fsp3) is 0.941. The minimum absolute atomic E-state index is 0.0109. The Morgan fingerprint density at radius 2 is 1.85 bits per heavy atom. The number of carbonyl (C=O) groups excluding carboxylic acids is 1. The van der Waals surface area contributed by atoms with Crippen LogP contribution in [0.15, 0.2) is 0 Å². The number of esters is 1. The van der Waals surface area contributed by atoms with Crippen molar-refractivity contribution in [2.45, 2.75) is 81.7 Å². The molecular weight excluding hydrogens is 363 g/mol. The third kappa shape index (κ3) is 3.89. The molecule has 3 heteroatoms. The lowest BCUT2D eigenvalue weighted by atomic mass is 9.66. The molecule has 0 saturated heterocycles. The van der Waals surface area contributed by atoms with E-state index in [2.05, 4.69) is 36.4 Å². The van der Waals surface area contributed by atoms with Gasteiger partial charge in [0.1, 0.15) is 9.53 Å². The van der Waals surface area contributed by atoms with Crippen LogP contribution in [0.2, 0.25) is 0 Å². The first-order valence-corrected chi connectivity index (χ1v) is 9.44. The number of fused-ring (bicyclic) bond motifs is 2. The second-order valence-corrected chi connectivity index (χ2v) is 9.41. The highest BCUT2D eigenvalue weighted by Gasteiger charge is 2.38. The van der Waals surface area contributed by atoms with Crippen molar-refractivity contribution >= 4 is 28.6 Å². The molecule has 2 rings (SSSR count). The topological polar surface area (TPSA) is 26.3 Å². The van der Waals surface area contributed by atoms with Gasteiger partial charge in [-0.15, -0.1) is 0 Å². The highest BCUT2D eigenvalue weighted by molar-refractivity contribution is 14.1. The van der Waals surface area contributed by atoms with E-state index in [1.807, 2.05) is 6.92 Å². The molecule has 2 aliphatic rings. The molecule has 0 N–H and O–H groups in total. The summed E-state index contributed by atoms with van der Waals surface area (Å²) in [6, 6.07) is 0. The van der Waals surface area contributed by atoms with Crippen LogP contribution in [0.4, 0.5) is 0 Å². The standard InChI is InChI=1S/C17H29IO2/c1-4-15(20-16(19)17(3,18)5-2)14-10-12-7-6-8-13(9-12)11-14/h12-15H,4-11H2,1-3H3. The average molecular weight is 392 g/mol. The van der Waals surface area contributed by atoms with Gasteiger partial charge in [-0.1, -0.05) is 55.7 Å². The third-order valence-corrected chi connectivity index (χ3v) is 6.64. The molecule has 20 heavy (non-hydrogen) atoms. The smallest absolute Gasteiger partial charge is 0.322 e. The van der Waals surface area contributed by atoms with Crippen molar-refractivity contribution < 1.29 is 9.53 Å². The van der Waals surface area contributed by atoms with Crippen LogP contribution in [0.5, 0.6) is 0 Å². The lowest BCUT2D eigenvalue weighted by molar-refractivity contribution is -0.156. The Morgan fingerprint density at radius 1 is 1.25 bits per heavy atom. The van der Waals surface area contributed by atoms with Crippen molar-refractivity contribution in [3.8, 4) is 0 Å². The summed E-state index contributed by atoms with van der Waals surface area (Å²) >= 11 is 2.24. The zero-order chi connectivity index (χ0) is 14.8. The predicted octanol–water partition coefficient (Wildman–Crippen LogP) is 5.13. The Labute approximate surface area is 137 Å². The number of ether oxygens (including phenoxy) is 1. The number of hydrogen-bond acceptors (Lipinski definition) is 2. The Morgan fingerprint density at radius 3 is 2.35 bits per heavy atom. The highest BCUT2D eigenvalue weighted by atomic mass is 127. The molecular formula is C17H29IO2. The van der Waals surface area contributed by atoms with E-state index in [-0.39, 0.29) is 15.5 Å². The summed E-state index contributed by atoms with van der Waals surface area (Å²) < 4.78 is 5.55. The molecule has 0 aromatic heterocycles. The van der Waals surface area contributed by atoms with Crippen molar-refractivity contribution in [1.29, 1.82) is 0 Å². The minimum atomic E-state index is -0.365. The molecule has 0 heterocycles. The quantitative estimate of drug-likeness (QED) is 0.368. The maximum Gasteiger partial charge on any atom is 0.322 e. The average Bonchev–Trinajstić information content (AvgIpc) is 2.43. The Bertz CT molecular complexity index is 328. The van der Waals surface area contributed by atoms with Gasteiger partial charge in [0.2, 0.25) is 0 Å². The van der Waals surface area contributed by atoms with Crippen LogP contribution >= 0.6 is 22.6 Å². The van der Waals surface area contributed by atoms with Gasteiger partial charge in [-0.05, 0) is 56.8 Å². The molecule has 2 aliphatic carbocycles. The van der Waals surface area contributed by atoms with E-state index in [0.717, 1.165) is 24.7 Å². The van der Waals surface area contributed by atoms with E-state index in [4.69, 9.17) is 4.74 Å². The molecule has 2 fully saturated rings. The van der Waals surface area contributed by atoms with Crippen LogP contribution < -0.4 is 0 Å². The molecule has 116 valence electrons. The van der Waals surface area contributed by atoms with Gasteiger partial charge in [0, 0.05) is 0 Å². The fourth-order valence-corrected chi connectivity index (χ4v) is 4.13. The molecule has 0 amide bonds. The van der Waals surface area contributed by atoms with Crippen molar-refractivity contribution in [3.63, 3.8) is 0 Å². The van der Waals surface area contributed by atoms with Crippen LogP contribution in [-0.4, -0.2) is 15.5 Å². The summed E-state index contributed by atoms with van der Waals surface area (Å²) in [5.41, 5.74) is 0. The number of hydrogen-bond donors (Lipinski definition) is 0. The minimum Gasteiger partial charge on any atom is -0.461 e. The van der Waals surface area contributed by atoms with E-state index < -0.39 is 0 Å². The maximum atomic E-state index is 12.3. The summed E-state index contributed by atoms with van der Waals surface area (Å²) in [5, 5.41) is 0. The Hall–Kier alpha value is 0.200. The molecule has 0 aromatic carbocycles. The molecule has 2 bridgehead atoms. The molecule has 0 aliphatic heterocycles. The van der Waals surface area contributed by atoms with Gasteiger partial charge in [-0.2, -0.15) is 0 Å². The molecule has 2 nitrogen and oxygen atoms in total. The van der Waals surface area contributed by atoms with E-state index in [1.165, 1.54) is 38.5 Å². The van der Waals surface area contributed by atoms with Crippen LogP contribution in [0, 0.1) is 17.8 Å². The summed E-state index contributed by atoms with van der Waals surface area (Å²) in [4.78, 5) is 12.3. The van der Waals surface area contributed by atoms with E-state index in [9.17, 15) is 4.79 Å². The predicted molar refractivity (Wildman–Crippen MR) is 91.1 cm³/mol. The fourth-order valence-electron chi connectivity index (χ4n) is 4.00. The van der Waals surface area contributed by atoms with Crippen molar-refractivity contribution in [1.82, 2.24) is 0 Å². The Balaban J connectivity index is 1.96. The summed E-state index contributed by atoms with van der Waals surface area (Å²) in [7, 11) is 0. The van der Waals surface area contributed by atoms with E-state index >= 15 is 0 Å². The second kappa shape index (κ2) is 6.97. The van der Waals surface area contributed by atoms with Crippen molar-refractivity contribution in [2.75, 3.05) is 0 Å². The number of alkyl halides is 1. The van der Waals surface area contributed by atoms with Gasteiger partial charge < -0.3 is 4.74 Å². The number of carbonyl (C=O) groups is 1. The number of rotatable bonds is 5. The van der Waals surface area contributed by atoms with Gasteiger partial charge in [0.05, 0.1) is 0 Å². The van der Waals surface area contributed by atoms with Gasteiger partial charge in [0.15, 0.2) is 0 Å². The first-order chi connectivity index (χ1) is 9.46. The molecule has 2 saturated carbocycles. The summed E-state index contributed by atoms with van der Waals surface area (Å²) in [6.07, 6.45) is 10.2. The molecule has 0 spiro atoms. The molecule has 0 aromatic rings. The number of halogens is 1. The monoisotopic (exact) mass is 392 g/mol. The Kier molecular flexibility index (Phi) is 5.78. The van der Waals surface area contributed by atoms with Crippen molar-refractivity contribution in [2.24, 2.45) is 17.8 Å². The lowest BCUT2D eigenvalue weighted by Crippen LogP contribution is -2.39. The normalized spacial score (nSPS) is 34.1. The van der Waals surface area contributed by atoms with Crippen LogP contribution in [0.3, 0.4) is 0 Å². The largest absolute Gasteiger partial charge is 0.461 e. The first kappa shape index (κ1) is 16.6. The van der Waals surface area contributed by atoms with Crippen LogP contribution in [0.25, 0.3) is 0 Å². The summed E-state index contributed by atoms with van der Waals surface area (Å²) in [5.74, 6) is 2.40. The third-order valence-electron chi connectivity index (χ3n) is 5.44. The lowest BCUT2D eigenvalue weighted by Gasteiger charge is -2.42. The second-order valence-electron chi connectivity index (χ2n) is 7.03. The van der Waals surface area contributed by atoms with Crippen molar-refractivity contribution in [3.05, 3.63) is 0 Å². The van der Waals surface area contributed by atoms with Crippen LogP contribution in [-0.2, 0) is 9.53 Å². The molecule has 0 radical (unpaired) electrons. The van der Waals surface area contributed by atoms with Gasteiger partial charge in [-0.3, -0.25) is 4.79 Å². The van der Waals surface area contributed by atoms with E-state index in [0.29, 0.717) is 5.92 Å². The van der Waals surface area contributed by atoms with Gasteiger partial charge >= 0.3 is 5.97 Å². The SMILES string of the molecule is CCC(OC(=O)C(C)(I)CC)C1CC2CCCC(C2)C1.